The lowest BCUT2D eigenvalue weighted by atomic mass is 10.1. The van der Waals surface area contributed by atoms with Crippen LogP contribution in [0.15, 0.2) is 71.6 Å². The maximum atomic E-state index is 13.4. The number of carbonyl (C=O) groups is 1. The van der Waals surface area contributed by atoms with Crippen LogP contribution in [-0.2, 0) is 14.8 Å². The second-order valence-corrected chi connectivity index (χ2v) is 10.9. The van der Waals surface area contributed by atoms with Crippen molar-refractivity contribution >= 4 is 50.0 Å². The zero-order chi connectivity index (χ0) is 28.0. The predicted octanol–water partition coefficient (Wildman–Crippen LogP) is 5.57. The van der Waals surface area contributed by atoms with E-state index in [0.717, 1.165) is 6.42 Å². The minimum atomic E-state index is -4.10. The summed E-state index contributed by atoms with van der Waals surface area (Å²) in [7, 11) is -1.03. The zero-order valence-electron chi connectivity index (χ0n) is 22.2. The summed E-state index contributed by atoms with van der Waals surface area (Å²) in [5.41, 5.74) is 2.03. The molecule has 4 rings (SSSR count). The van der Waals surface area contributed by atoms with Gasteiger partial charge in [0.15, 0.2) is 11.6 Å². The highest BCUT2D eigenvalue weighted by Crippen LogP contribution is 2.31. The molecule has 0 saturated heterocycles. The highest BCUT2D eigenvalue weighted by Gasteiger charge is 2.20. The molecule has 0 radical (unpaired) electrons. The van der Waals surface area contributed by atoms with Crippen LogP contribution in [-0.4, -0.2) is 38.5 Å². The molecule has 0 aliphatic rings. The van der Waals surface area contributed by atoms with E-state index in [1.165, 1.54) is 26.4 Å². The molecule has 0 saturated carbocycles. The quantitative estimate of drug-likeness (QED) is 0.221. The molecule has 0 unspecified atom stereocenters. The normalized spacial score (nSPS) is 11.3. The molecule has 39 heavy (non-hydrogen) atoms. The van der Waals surface area contributed by atoms with Crippen LogP contribution in [0.1, 0.15) is 26.7 Å². The number of methoxy groups -OCH3 is 2. The molecule has 0 bridgehead atoms. The van der Waals surface area contributed by atoms with Crippen molar-refractivity contribution in [2.45, 2.75) is 31.6 Å². The number of para-hydroxylation sites is 2. The Kier molecular flexibility index (Phi) is 8.50. The maximum absolute atomic E-state index is 13.4. The van der Waals surface area contributed by atoms with Gasteiger partial charge in [-0.3, -0.25) is 9.52 Å². The van der Waals surface area contributed by atoms with Crippen LogP contribution < -0.4 is 24.8 Å². The number of anilines is 4. The van der Waals surface area contributed by atoms with E-state index >= 15 is 0 Å². The van der Waals surface area contributed by atoms with Crippen molar-refractivity contribution in [2.24, 2.45) is 5.92 Å². The fourth-order valence-electron chi connectivity index (χ4n) is 3.75. The summed E-state index contributed by atoms with van der Waals surface area (Å²) >= 11 is 0. The molecule has 1 heterocycles. The van der Waals surface area contributed by atoms with Crippen molar-refractivity contribution in [2.75, 3.05) is 29.6 Å². The molecule has 204 valence electrons. The Morgan fingerprint density at radius 1 is 0.846 bits per heavy atom. The fourth-order valence-corrected chi connectivity index (χ4v) is 4.80. The Labute approximate surface area is 227 Å². The highest BCUT2D eigenvalue weighted by atomic mass is 32.2. The standard InChI is InChI=1S/C28H31N5O5S/c1-18(2)12-13-26(34)29-19-8-7-9-23(16-19)39(35,36)33-28-27(31-24-10-5-6-11-25(24)32-28)30-20-14-21(37-3)17-22(15-20)38-4/h5-11,14-18H,12-13H2,1-4H3,(H,29,34)(H,30,31)(H,32,33). The van der Waals surface area contributed by atoms with Gasteiger partial charge >= 0.3 is 0 Å². The lowest BCUT2D eigenvalue weighted by molar-refractivity contribution is -0.116. The van der Waals surface area contributed by atoms with Gasteiger partial charge in [-0.2, -0.15) is 0 Å². The first-order valence-electron chi connectivity index (χ1n) is 12.4. The third-order valence-corrected chi connectivity index (χ3v) is 7.13. The number of nitrogens with zero attached hydrogens (tertiary/aromatic N) is 2. The molecular weight excluding hydrogens is 518 g/mol. The summed E-state index contributed by atoms with van der Waals surface area (Å²) in [4.78, 5) is 21.4. The van der Waals surface area contributed by atoms with Crippen molar-refractivity contribution in [3.63, 3.8) is 0 Å². The van der Waals surface area contributed by atoms with Gasteiger partial charge < -0.3 is 20.1 Å². The molecule has 0 atom stereocenters. The summed E-state index contributed by atoms with van der Waals surface area (Å²) in [6.07, 6.45) is 1.09. The predicted molar refractivity (Wildman–Crippen MR) is 152 cm³/mol. The van der Waals surface area contributed by atoms with Gasteiger partial charge in [-0.05, 0) is 42.7 Å². The van der Waals surface area contributed by atoms with Gasteiger partial charge in [0.2, 0.25) is 5.91 Å². The van der Waals surface area contributed by atoms with E-state index in [1.807, 2.05) is 19.9 Å². The maximum Gasteiger partial charge on any atom is 0.263 e. The van der Waals surface area contributed by atoms with Crippen LogP contribution in [0.2, 0.25) is 0 Å². The number of sulfonamides is 1. The Hall–Kier alpha value is -4.38. The van der Waals surface area contributed by atoms with Gasteiger partial charge in [-0.1, -0.05) is 32.0 Å². The van der Waals surface area contributed by atoms with Crippen molar-refractivity contribution in [3.05, 3.63) is 66.7 Å². The second-order valence-electron chi connectivity index (χ2n) is 9.25. The molecule has 11 heteroatoms. The van der Waals surface area contributed by atoms with E-state index in [-0.39, 0.29) is 22.4 Å². The van der Waals surface area contributed by atoms with Crippen LogP contribution in [0, 0.1) is 5.92 Å². The number of hydrogen-bond donors (Lipinski definition) is 3. The lowest BCUT2D eigenvalue weighted by Gasteiger charge is -2.15. The van der Waals surface area contributed by atoms with E-state index in [4.69, 9.17) is 9.47 Å². The Morgan fingerprint density at radius 2 is 1.49 bits per heavy atom. The number of nitrogens with one attached hydrogen (secondary N) is 3. The number of carbonyl (C=O) groups excluding carboxylic acids is 1. The zero-order valence-corrected chi connectivity index (χ0v) is 23.0. The van der Waals surface area contributed by atoms with Gasteiger partial charge in [-0.25, -0.2) is 18.4 Å². The number of rotatable bonds is 11. The summed E-state index contributed by atoms with van der Waals surface area (Å²) in [5, 5.41) is 5.90. The minimum absolute atomic E-state index is 0.00172. The summed E-state index contributed by atoms with van der Waals surface area (Å²) in [6.45, 7) is 4.07. The van der Waals surface area contributed by atoms with Crippen LogP contribution in [0.4, 0.5) is 23.0 Å². The van der Waals surface area contributed by atoms with E-state index in [9.17, 15) is 13.2 Å². The van der Waals surface area contributed by atoms with E-state index < -0.39 is 10.0 Å². The summed E-state index contributed by atoms with van der Waals surface area (Å²) in [5.74, 6) is 1.48. The number of aromatic nitrogens is 2. The van der Waals surface area contributed by atoms with E-state index in [2.05, 4.69) is 25.3 Å². The molecule has 4 aromatic rings. The fraction of sp³-hybridized carbons (Fsp3) is 0.250. The Bertz CT molecular complexity index is 1570. The van der Waals surface area contributed by atoms with Gasteiger partial charge in [0.25, 0.3) is 10.0 Å². The molecule has 0 fully saturated rings. The number of amides is 1. The first-order chi connectivity index (χ1) is 18.7. The largest absolute Gasteiger partial charge is 0.497 e. The highest BCUT2D eigenvalue weighted by molar-refractivity contribution is 7.92. The molecule has 10 nitrogen and oxygen atoms in total. The number of benzene rings is 3. The monoisotopic (exact) mass is 549 g/mol. The topological polar surface area (TPSA) is 132 Å². The van der Waals surface area contributed by atoms with Gasteiger partial charge in [-0.15, -0.1) is 0 Å². The molecule has 1 aromatic heterocycles. The number of ether oxygens (including phenoxy) is 2. The molecule has 1 amide bonds. The van der Waals surface area contributed by atoms with Crippen molar-refractivity contribution < 1.29 is 22.7 Å². The SMILES string of the molecule is COc1cc(Nc2nc3ccccc3nc2NS(=O)(=O)c2cccc(NC(=O)CCC(C)C)c2)cc(OC)c1. The Balaban J connectivity index is 1.66. The first kappa shape index (κ1) is 27.6. The average molecular weight is 550 g/mol. The molecule has 0 aliphatic carbocycles. The van der Waals surface area contributed by atoms with Crippen molar-refractivity contribution in [1.29, 1.82) is 0 Å². The van der Waals surface area contributed by atoms with Crippen LogP contribution >= 0.6 is 0 Å². The third-order valence-electron chi connectivity index (χ3n) is 5.79. The third kappa shape index (κ3) is 7.14. The molecular formula is C28H31N5O5S. The van der Waals surface area contributed by atoms with Gasteiger partial charge in [0.05, 0.1) is 30.1 Å². The molecule has 3 aromatic carbocycles. The van der Waals surface area contributed by atoms with Gasteiger partial charge in [0.1, 0.15) is 11.5 Å². The van der Waals surface area contributed by atoms with Crippen molar-refractivity contribution in [3.8, 4) is 11.5 Å². The first-order valence-corrected chi connectivity index (χ1v) is 13.8. The molecule has 0 spiro atoms. The van der Waals surface area contributed by atoms with E-state index in [0.29, 0.717) is 46.2 Å². The summed E-state index contributed by atoms with van der Waals surface area (Å²) in [6, 6.07) is 18.4. The Morgan fingerprint density at radius 3 is 2.10 bits per heavy atom. The number of hydrogen-bond acceptors (Lipinski definition) is 8. The van der Waals surface area contributed by atoms with Gasteiger partial charge in [0, 0.05) is 36.0 Å². The molecule has 0 aliphatic heterocycles. The van der Waals surface area contributed by atoms with Crippen LogP contribution in [0.5, 0.6) is 11.5 Å². The smallest absolute Gasteiger partial charge is 0.263 e. The average Bonchev–Trinajstić information content (AvgIpc) is 2.92. The molecule has 3 N–H and O–H groups in total. The van der Waals surface area contributed by atoms with Crippen LogP contribution in [0.25, 0.3) is 11.0 Å². The van der Waals surface area contributed by atoms with Crippen molar-refractivity contribution in [1.82, 2.24) is 9.97 Å². The van der Waals surface area contributed by atoms with E-state index in [1.54, 1.807) is 48.5 Å². The summed E-state index contributed by atoms with van der Waals surface area (Å²) < 4.78 is 40.1. The van der Waals surface area contributed by atoms with Crippen LogP contribution in [0.3, 0.4) is 0 Å². The number of fused-ring (bicyclic) bond motifs is 1. The second kappa shape index (κ2) is 12.0. The lowest BCUT2D eigenvalue weighted by Crippen LogP contribution is -2.17. The minimum Gasteiger partial charge on any atom is -0.497 e.